The normalized spacial score (nSPS) is 15.4. The van der Waals surface area contributed by atoms with E-state index >= 15 is 0 Å². The molecule has 0 bridgehead atoms. The average molecular weight is 362 g/mol. The van der Waals surface area contributed by atoms with Crippen LogP contribution in [0.2, 0.25) is 0 Å². The van der Waals surface area contributed by atoms with Gasteiger partial charge < -0.3 is 19.7 Å². The summed E-state index contributed by atoms with van der Waals surface area (Å²) in [6.45, 7) is 4.48. The van der Waals surface area contributed by atoms with Crippen LogP contribution >= 0.6 is 0 Å². The largest absolute Gasteiger partial charge is 0.493 e. The molecule has 2 amide bonds. The Hall–Kier alpha value is -2.24. The fourth-order valence-electron chi connectivity index (χ4n) is 3.63. The number of nitrogens with zero attached hydrogens (tertiary/aromatic N) is 1. The van der Waals surface area contributed by atoms with Crippen LogP contribution in [0.5, 0.6) is 11.5 Å². The van der Waals surface area contributed by atoms with Gasteiger partial charge in [-0.1, -0.05) is 18.9 Å². The van der Waals surface area contributed by atoms with Crippen LogP contribution in [0, 0.1) is 5.92 Å². The number of hydrogen-bond acceptors (Lipinski definition) is 4. The number of hydrogen-bond donors (Lipinski definition) is 1. The van der Waals surface area contributed by atoms with Gasteiger partial charge in [-0.2, -0.15) is 0 Å². The standard InChI is InChI=1S/C20H30N2O4/c1-5-22(13-15-10-11-17(25-3)18(12-15)26-4)20(24)19(21-14(2)23)16-8-6-7-9-16/h10-12,16,19H,5-9,13H2,1-4H3,(H,21,23). The third-order valence-electron chi connectivity index (χ3n) is 5.01. The molecule has 6 heteroatoms. The minimum Gasteiger partial charge on any atom is -0.493 e. The number of nitrogens with one attached hydrogen (secondary N) is 1. The van der Waals surface area contributed by atoms with Crippen LogP contribution in [0.15, 0.2) is 18.2 Å². The Balaban J connectivity index is 2.16. The first-order valence-corrected chi connectivity index (χ1v) is 9.26. The third kappa shape index (κ3) is 4.90. The molecule has 6 nitrogen and oxygen atoms in total. The van der Waals surface area contributed by atoms with Gasteiger partial charge in [0, 0.05) is 20.0 Å². The predicted octanol–water partition coefficient (Wildman–Crippen LogP) is 2.75. The lowest BCUT2D eigenvalue weighted by atomic mass is 9.96. The molecule has 0 spiro atoms. The van der Waals surface area contributed by atoms with Crippen LogP contribution in [0.3, 0.4) is 0 Å². The molecule has 0 aliphatic heterocycles. The van der Waals surface area contributed by atoms with Crippen molar-refractivity contribution in [1.29, 1.82) is 0 Å². The van der Waals surface area contributed by atoms with Gasteiger partial charge in [0.2, 0.25) is 11.8 Å². The Kier molecular flexibility index (Phi) is 7.30. The summed E-state index contributed by atoms with van der Waals surface area (Å²) < 4.78 is 10.6. The van der Waals surface area contributed by atoms with Crippen molar-refractivity contribution in [3.63, 3.8) is 0 Å². The molecular weight excluding hydrogens is 332 g/mol. The summed E-state index contributed by atoms with van der Waals surface area (Å²) in [6, 6.07) is 5.22. The first kappa shape index (κ1) is 20.1. The van der Waals surface area contributed by atoms with Gasteiger partial charge in [0.15, 0.2) is 11.5 Å². The number of benzene rings is 1. The summed E-state index contributed by atoms with van der Waals surface area (Å²) in [6.07, 6.45) is 4.22. The van der Waals surface area contributed by atoms with E-state index in [2.05, 4.69) is 5.32 Å². The van der Waals surface area contributed by atoms with Crippen molar-refractivity contribution < 1.29 is 19.1 Å². The predicted molar refractivity (Wildman–Crippen MR) is 100 cm³/mol. The second-order valence-corrected chi connectivity index (χ2v) is 6.76. The maximum absolute atomic E-state index is 13.1. The molecule has 2 rings (SSSR count). The highest BCUT2D eigenvalue weighted by molar-refractivity contribution is 5.87. The minimum atomic E-state index is -0.435. The molecule has 1 aromatic rings. The number of methoxy groups -OCH3 is 2. The summed E-state index contributed by atoms with van der Waals surface area (Å²) in [5, 5.41) is 2.89. The lowest BCUT2D eigenvalue weighted by Crippen LogP contribution is -2.51. The lowest BCUT2D eigenvalue weighted by Gasteiger charge is -2.30. The maximum Gasteiger partial charge on any atom is 0.245 e. The SMILES string of the molecule is CCN(Cc1ccc(OC)c(OC)c1)C(=O)C(NC(C)=O)C1CCCC1. The van der Waals surface area contributed by atoms with E-state index in [9.17, 15) is 9.59 Å². The highest BCUT2D eigenvalue weighted by Crippen LogP contribution is 2.30. The van der Waals surface area contributed by atoms with Crippen LogP contribution in [-0.4, -0.2) is 43.5 Å². The van der Waals surface area contributed by atoms with E-state index in [1.165, 1.54) is 6.92 Å². The number of rotatable bonds is 8. The van der Waals surface area contributed by atoms with Crippen molar-refractivity contribution in [2.45, 2.75) is 52.1 Å². The number of carbonyl (C=O) groups is 2. The Morgan fingerprint density at radius 2 is 1.85 bits per heavy atom. The number of ether oxygens (including phenoxy) is 2. The fraction of sp³-hybridized carbons (Fsp3) is 0.600. The zero-order valence-electron chi connectivity index (χ0n) is 16.2. The van der Waals surface area contributed by atoms with E-state index < -0.39 is 6.04 Å². The summed E-state index contributed by atoms with van der Waals surface area (Å²) >= 11 is 0. The van der Waals surface area contributed by atoms with Crippen LogP contribution in [0.1, 0.15) is 45.1 Å². The topological polar surface area (TPSA) is 67.9 Å². The van der Waals surface area contributed by atoms with E-state index in [0.29, 0.717) is 24.6 Å². The van der Waals surface area contributed by atoms with Gasteiger partial charge in [-0.15, -0.1) is 0 Å². The first-order chi connectivity index (χ1) is 12.5. The van der Waals surface area contributed by atoms with E-state index in [1.807, 2.05) is 25.1 Å². The van der Waals surface area contributed by atoms with E-state index in [1.54, 1.807) is 19.1 Å². The number of likely N-dealkylation sites (N-methyl/N-ethyl adjacent to an activating group) is 1. The molecule has 1 atom stereocenters. The Morgan fingerprint density at radius 3 is 2.38 bits per heavy atom. The Labute approximate surface area is 155 Å². The van der Waals surface area contributed by atoms with E-state index in [0.717, 1.165) is 31.2 Å². The molecule has 0 radical (unpaired) electrons. The molecular formula is C20H30N2O4. The zero-order chi connectivity index (χ0) is 19.1. The second-order valence-electron chi connectivity index (χ2n) is 6.76. The molecule has 144 valence electrons. The molecule has 0 heterocycles. The first-order valence-electron chi connectivity index (χ1n) is 9.26. The smallest absolute Gasteiger partial charge is 0.245 e. The molecule has 1 saturated carbocycles. The fourth-order valence-corrected chi connectivity index (χ4v) is 3.63. The van der Waals surface area contributed by atoms with Gasteiger partial charge >= 0.3 is 0 Å². The Bertz CT molecular complexity index is 626. The van der Waals surface area contributed by atoms with Crippen molar-refractivity contribution in [3.05, 3.63) is 23.8 Å². The van der Waals surface area contributed by atoms with Crippen molar-refractivity contribution in [2.75, 3.05) is 20.8 Å². The maximum atomic E-state index is 13.1. The molecule has 1 unspecified atom stereocenters. The highest BCUT2D eigenvalue weighted by Gasteiger charge is 2.33. The van der Waals surface area contributed by atoms with Crippen LogP contribution in [-0.2, 0) is 16.1 Å². The van der Waals surface area contributed by atoms with Crippen molar-refractivity contribution >= 4 is 11.8 Å². The highest BCUT2D eigenvalue weighted by atomic mass is 16.5. The van der Waals surface area contributed by atoms with Crippen LogP contribution in [0.4, 0.5) is 0 Å². The van der Waals surface area contributed by atoms with Crippen molar-refractivity contribution in [1.82, 2.24) is 10.2 Å². The molecule has 1 aromatic carbocycles. The van der Waals surface area contributed by atoms with Gasteiger partial charge in [-0.05, 0) is 43.4 Å². The van der Waals surface area contributed by atoms with Crippen LogP contribution in [0.25, 0.3) is 0 Å². The summed E-state index contributed by atoms with van der Waals surface area (Å²) in [4.78, 5) is 26.6. The van der Waals surface area contributed by atoms with Gasteiger partial charge in [-0.25, -0.2) is 0 Å². The van der Waals surface area contributed by atoms with Gasteiger partial charge in [0.1, 0.15) is 6.04 Å². The van der Waals surface area contributed by atoms with Gasteiger partial charge in [0.25, 0.3) is 0 Å². The van der Waals surface area contributed by atoms with E-state index in [-0.39, 0.29) is 17.7 Å². The summed E-state index contributed by atoms with van der Waals surface area (Å²) in [5.41, 5.74) is 0.964. The monoisotopic (exact) mass is 362 g/mol. The molecule has 0 aromatic heterocycles. The van der Waals surface area contributed by atoms with Gasteiger partial charge in [0.05, 0.1) is 14.2 Å². The molecule has 1 N–H and O–H groups in total. The quantitative estimate of drug-likeness (QED) is 0.772. The number of amides is 2. The molecule has 1 aliphatic carbocycles. The van der Waals surface area contributed by atoms with Crippen molar-refractivity contribution in [2.24, 2.45) is 5.92 Å². The van der Waals surface area contributed by atoms with Crippen molar-refractivity contribution in [3.8, 4) is 11.5 Å². The van der Waals surface area contributed by atoms with Gasteiger partial charge in [-0.3, -0.25) is 9.59 Å². The molecule has 1 aliphatic rings. The van der Waals surface area contributed by atoms with E-state index in [4.69, 9.17) is 9.47 Å². The second kappa shape index (κ2) is 9.46. The van der Waals surface area contributed by atoms with Crippen LogP contribution < -0.4 is 14.8 Å². The average Bonchev–Trinajstić information content (AvgIpc) is 3.17. The molecule has 1 fully saturated rings. The lowest BCUT2D eigenvalue weighted by molar-refractivity contribution is -0.138. The third-order valence-corrected chi connectivity index (χ3v) is 5.01. The summed E-state index contributed by atoms with van der Waals surface area (Å²) in [7, 11) is 3.19. The molecule has 26 heavy (non-hydrogen) atoms. The summed E-state index contributed by atoms with van der Waals surface area (Å²) in [5.74, 6) is 1.36. The Morgan fingerprint density at radius 1 is 1.19 bits per heavy atom. The zero-order valence-corrected chi connectivity index (χ0v) is 16.2. The number of carbonyl (C=O) groups excluding carboxylic acids is 2. The minimum absolute atomic E-state index is 0.00983. The molecule has 0 saturated heterocycles.